The zero-order chi connectivity index (χ0) is 36.5. The predicted molar refractivity (Wildman–Crippen MR) is 216 cm³/mol. The zero-order valence-electron chi connectivity index (χ0n) is 32.4. The van der Waals surface area contributed by atoms with E-state index in [9.17, 15) is 5.11 Å². The van der Waals surface area contributed by atoms with Crippen molar-refractivity contribution in [1.29, 1.82) is 0 Å². The maximum atomic E-state index is 10.5. The van der Waals surface area contributed by atoms with Crippen molar-refractivity contribution in [2.45, 2.75) is 130 Å². The molecule has 0 saturated carbocycles. The third kappa shape index (κ3) is 12.5. The van der Waals surface area contributed by atoms with Gasteiger partial charge in [0, 0.05) is 12.5 Å². The van der Waals surface area contributed by atoms with Gasteiger partial charge in [-0.15, -0.1) is 0 Å². The Labute approximate surface area is 306 Å². The fourth-order valence-electron chi connectivity index (χ4n) is 7.25. The molecule has 3 nitrogen and oxygen atoms in total. The van der Waals surface area contributed by atoms with Gasteiger partial charge in [-0.05, 0) is 147 Å². The molecule has 0 spiro atoms. The van der Waals surface area contributed by atoms with Crippen molar-refractivity contribution < 1.29 is 14.6 Å². The van der Waals surface area contributed by atoms with Crippen LogP contribution >= 0.6 is 0 Å². The second-order valence-electron chi connectivity index (χ2n) is 14.9. The van der Waals surface area contributed by atoms with E-state index in [0.717, 1.165) is 81.3 Å². The Bertz CT molecular complexity index is 1370. The molecule has 3 unspecified atom stereocenters. The molecule has 0 fully saturated rings. The molecule has 3 heteroatoms. The highest BCUT2D eigenvalue weighted by atomic mass is 16.5. The highest BCUT2D eigenvalue weighted by molar-refractivity contribution is 5.67. The van der Waals surface area contributed by atoms with E-state index in [1.165, 1.54) is 59.1 Å². The molecule has 0 radical (unpaired) electrons. The summed E-state index contributed by atoms with van der Waals surface area (Å²) >= 11 is 0. The molecule has 0 amide bonds. The lowest BCUT2D eigenvalue weighted by molar-refractivity contribution is 0.0953. The molecular weight excluding hydrogens is 613 g/mol. The second kappa shape index (κ2) is 21.2. The van der Waals surface area contributed by atoms with Crippen LogP contribution in [0, 0.1) is 11.3 Å². The summed E-state index contributed by atoms with van der Waals surface area (Å²) in [5.74, 6) is 2.57. The monoisotopic (exact) mass is 681 g/mol. The van der Waals surface area contributed by atoms with Crippen molar-refractivity contribution in [2.24, 2.45) is 11.3 Å². The largest absolute Gasteiger partial charge is 0.494 e. The van der Waals surface area contributed by atoms with Crippen LogP contribution in [0.3, 0.4) is 0 Å². The van der Waals surface area contributed by atoms with Crippen molar-refractivity contribution in [3.63, 3.8) is 0 Å². The van der Waals surface area contributed by atoms with Crippen LogP contribution in [-0.2, 0) is 28.7 Å². The molecule has 3 atom stereocenters. The van der Waals surface area contributed by atoms with Gasteiger partial charge in [-0.25, -0.2) is 0 Å². The van der Waals surface area contributed by atoms with Crippen LogP contribution < -0.4 is 0 Å². The van der Waals surface area contributed by atoms with E-state index >= 15 is 0 Å². The Morgan fingerprint density at radius 2 is 1.32 bits per heavy atom. The van der Waals surface area contributed by atoms with E-state index in [4.69, 9.17) is 9.47 Å². The first-order chi connectivity index (χ1) is 24.1. The van der Waals surface area contributed by atoms with Crippen LogP contribution in [0.2, 0.25) is 0 Å². The SMILES string of the molecule is C=C(C)C(=C)OCCCc1cc(-c2ccc(C3C=CC(CC)CC3)cc2)cc(CCCOC(=C)C(=C)C)c1CCCC(CC)(CO)CCCC. The molecule has 1 aliphatic rings. The van der Waals surface area contributed by atoms with Gasteiger partial charge < -0.3 is 14.6 Å². The van der Waals surface area contributed by atoms with Gasteiger partial charge in [0.15, 0.2) is 0 Å². The average molecular weight is 681 g/mol. The van der Waals surface area contributed by atoms with Gasteiger partial charge in [-0.2, -0.15) is 0 Å². The van der Waals surface area contributed by atoms with Crippen LogP contribution in [-0.4, -0.2) is 24.9 Å². The minimum Gasteiger partial charge on any atom is -0.494 e. The highest BCUT2D eigenvalue weighted by Gasteiger charge is 2.26. The fraction of sp³-hybridized carbons (Fsp3) is 0.532. The van der Waals surface area contributed by atoms with Gasteiger partial charge in [0.2, 0.25) is 0 Å². The molecule has 2 aromatic rings. The minimum atomic E-state index is 0.0104. The first-order valence-corrected chi connectivity index (χ1v) is 19.6. The summed E-state index contributed by atoms with van der Waals surface area (Å²) in [5.41, 5.74) is 9.96. The van der Waals surface area contributed by atoms with E-state index in [1.54, 1.807) is 0 Å². The number of hydrogen-bond donors (Lipinski definition) is 1. The Kier molecular flexibility index (Phi) is 17.4. The lowest BCUT2D eigenvalue weighted by Gasteiger charge is -2.31. The molecule has 2 aromatic carbocycles. The Hall–Kier alpha value is -3.30. The van der Waals surface area contributed by atoms with E-state index in [-0.39, 0.29) is 12.0 Å². The van der Waals surface area contributed by atoms with Gasteiger partial charge in [0.25, 0.3) is 0 Å². The average Bonchev–Trinajstić information content (AvgIpc) is 3.13. The topological polar surface area (TPSA) is 38.7 Å². The van der Waals surface area contributed by atoms with Gasteiger partial charge >= 0.3 is 0 Å². The quantitative estimate of drug-likeness (QED) is 0.0519. The summed E-state index contributed by atoms with van der Waals surface area (Å²) in [6.07, 6.45) is 19.8. The third-order valence-electron chi connectivity index (χ3n) is 11.1. The number of ether oxygens (including phenoxy) is 2. The number of aliphatic hydroxyl groups excluding tert-OH is 1. The van der Waals surface area contributed by atoms with Crippen molar-refractivity contribution in [2.75, 3.05) is 19.8 Å². The summed E-state index contributed by atoms with van der Waals surface area (Å²) in [4.78, 5) is 0. The van der Waals surface area contributed by atoms with E-state index in [2.05, 4.69) is 95.6 Å². The molecule has 1 N–H and O–H groups in total. The van der Waals surface area contributed by atoms with Crippen molar-refractivity contribution in [3.05, 3.63) is 120 Å². The summed E-state index contributed by atoms with van der Waals surface area (Å²) in [6, 6.07) is 14.2. The third-order valence-corrected chi connectivity index (χ3v) is 11.1. The molecule has 50 heavy (non-hydrogen) atoms. The zero-order valence-corrected chi connectivity index (χ0v) is 32.4. The highest BCUT2D eigenvalue weighted by Crippen LogP contribution is 2.37. The van der Waals surface area contributed by atoms with E-state index in [0.29, 0.717) is 30.6 Å². The number of benzene rings is 2. The number of unbranched alkanes of at least 4 members (excludes halogenated alkanes) is 1. The van der Waals surface area contributed by atoms with Gasteiger partial charge in [-0.1, -0.05) is 108 Å². The van der Waals surface area contributed by atoms with Crippen LogP contribution in [0.1, 0.15) is 133 Å². The van der Waals surface area contributed by atoms with Crippen LogP contribution in [0.4, 0.5) is 0 Å². The molecule has 0 aromatic heterocycles. The van der Waals surface area contributed by atoms with Gasteiger partial charge in [0.1, 0.15) is 11.5 Å². The maximum Gasteiger partial charge on any atom is 0.114 e. The van der Waals surface area contributed by atoms with Gasteiger partial charge in [0.05, 0.1) is 13.2 Å². The molecule has 0 bridgehead atoms. The number of rotatable bonds is 24. The van der Waals surface area contributed by atoms with Crippen molar-refractivity contribution in [3.8, 4) is 11.1 Å². The van der Waals surface area contributed by atoms with Crippen LogP contribution in [0.5, 0.6) is 0 Å². The molecular formula is C47H68O3. The lowest BCUT2D eigenvalue weighted by Crippen LogP contribution is -2.25. The normalized spacial score (nSPS) is 16.8. The lowest BCUT2D eigenvalue weighted by atomic mass is 9.76. The Morgan fingerprint density at radius 3 is 1.78 bits per heavy atom. The van der Waals surface area contributed by atoms with Crippen LogP contribution in [0.15, 0.2) is 97.5 Å². The number of hydrogen-bond acceptors (Lipinski definition) is 3. The molecule has 1 aliphatic carbocycles. The van der Waals surface area contributed by atoms with E-state index < -0.39 is 0 Å². The smallest absolute Gasteiger partial charge is 0.114 e. The summed E-state index contributed by atoms with van der Waals surface area (Å²) in [7, 11) is 0. The molecule has 0 saturated heterocycles. The standard InChI is InChI=1S/C47H68O3/c1-10-13-28-47(12-3,34-48)29-14-19-46-43(17-15-30-49-37(8)35(4)5)32-45(33-44(46)18-16-31-50-38(9)36(6)7)42-26-24-41(25-27-42)40-22-20-39(11-2)21-23-40/h20,22,24-27,32-33,39-40,48H,4,6,8-19,21,23,28-31,34H2,1-3,5,7H3. The Morgan fingerprint density at radius 1 is 0.740 bits per heavy atom. The molecule has 0 aliphatic heterocycles. The number of allylic oxidation sites excluding steroid dienone is 4. The second-order valence-corrected chi connectivity index (χ2v) is 14.9. The minimum absolute atomic E-state index is 0.0104. The number of aliphatic hydroxyl groups is 1. The molecule has 274 valence electrons. The number of aryl methyl sites for hydroxylation is 2. The first kappa shape index (κ1) is 41.1. The van der Waals surface area contributed by atoms with Crippen LogP contribution in [0.25, 0.3) is 11.1 Å². The predicted octanol–water partition coefficient (Wildman–Crippen LogP) is 12.8. The van der Waals surface area contributed by atoms with Gasteiger partial charge in [-0.3, -0.25) is 0 Å². The fourth-order valence-corrected chi connectivity index (χ4v) is 7.25. The molecule has 3 rings (SSSR count). The summed E-state index contributed by atoms with van der Waals surface area (Å²) in [6.45, 7) is 28.2. The maximum absolute atomic E-state index is 10.5. The first-order valence-electron chi connectivity index (χ1n) is 19.6. The van der Waals surface area contributed by atoms with Crippen molar-refractivity contribution in [1.82, 2.24) is 0 Å². The van der Waals surface area contributed by atoms with Crippen molar-refractivity contribution >= 4 is 0 Å². The Balaban J connectivity index is 1.95. The van der Waals surface area contributed by atoms with E-state index in [1.807, 2.05) is 13.8 Å². The molecule has 0 heterocycles. The summed E-state index contributed by atoms with van der Waals surface area (Å²) < 4.78 is 11.9. The summed E-state index contributed by atoms with van der Waals surface area (Å²) in [5, 5.41) is 10.5.